The van der Waals surface area contributed by atoms with Gasteiger partial charge in [0, 0.05) is 24.7 Å². The highest BCUT2D eigenvalue weighted by Gasteiger charge is 2.03. The minimum Gasteiger partial charge on any atom is -0.370 e. The third-order valence-electron chi connectivity index (χ3n) is 2.34. The van der Waals surface area contributed by atoms with Gasteiger partial charge in [0.1, 0.15) is 12.1 Å². The summed E-state index contributed by atoms with van der Waals surface area (Å²) >= 11 is 0. The van der Waals surface area contributed by atoms with Crippen LogP contribution in [0.1, 0.15) is 31.3 Å². The molecule has 0 aliphatic rings. The van der Waals surface area contributed by atoms with Crippen LogP contribution < -0.4 is 5.32 Å². The molecule has 0 aliphatic heterocycles. The fourth-order valence-electron chi connectivity index (χ4n) is 1.39. The minimum atomic E-state index is 0.399. The number of hydrogen-bond donors (Lipinski definition) is 1. The monoisotopic (exact) mass is 233 g/mol. The highest BCUT2D eigenvalue weighted by Crippen LogP contribution is 2.13. The van der Waals surface area contributed by atoms with E-state index in [0.29, 0.717) is 24.7 Å². The smallest absolute Gasteiger partial charge is 0.213 e. The van der Waals surface area contributed by atoms with Gasteiger partial charge in [-0.3, -0.25) is 0 Å². The summed E-state index contributed by atoms with van der Waals surface area (Å²) in [4.78, 5) is 12.3. The molecule has 0 aromatic carbocycles. The van der Waals surface area contributed by atoms with Crippen LogP contribution in [0.25, 0.3) is 0 Å². The number of hydrogen-bond acceptors (Lipinski definition) is 6. The molecule has 2 rings (SSSR count). The zero-order chi connectivity index (χ0) is 12.1. The van der Waals surface area contributed by atoms with Crippen LogP contribution in [0.4, 0.5) is 5.82 Å². The average molecular weight is 233 g/mol. The fraction of sp³-hybridized carbons (Fsp3) is 0.455. The standard InChI is InChI=1S/C11H15N5O/c1-8(2)9-5-11(14-6-13-9)12-4-3-10-15-7-17-16-10/h5-8H,3-4H2,1-2H3,(H,12,13,14). The first kappa shape index (κ1) is 11.5. The van der Waals surface area contributed by atoms with Crippen LogP contribution in [-0.2, 0) is 6.42 Å². The van der Waals surface area contributed by atoms with Crippen molar-refractivity contribution in [2.75, 3.05) is 11.9 Å². The van der Waals surface area contributed by atoms with Crippen LogP contribution in [0.3, 0.4) is 0 Å². The Bertz CT molecular complexity index is 455. The second-order valence-electron chi connectivity index (χ2n) is 4.01. The summed E-state index contributed by atoms with van der Waals surface area (Å²) in [6.45, 7) is 4.92. The molecular weight excluding hydrogens is 218 g/mol. The van der Waals surface area contributed by atoms with E-state index in [4.69, 9.17) is 0 Å². The third-order valence-corrected chi connectivity index (χ3v) is 2.34. The molecule has 0 bridgehead atoms. The van der Waals surface area contributed by atoms with Gasteiger partial charge >= 0.3 is 0 Å². The first-order valence-corrected chi connectivity index (χ1v) is 5.57. The molecular formula is C11H15N5O. The summed E-state index contributed by atoms with van der Waals surface area (Å²) in [5.41, 5.74) is 1.03. The van der Waals surface area contributed by atoms with Crippen molar-refractivity contribution in [2.24, 2.45) is 0 Å². The minimum absolute atomic E-state index is 0.399. The number of nitrogens with zero attached hydrogens (tertiary/aromatic N) is 4. The first-order valence-electron chi connectivity index (χ1n) is 5.57. The predicted octanol–water partition coefficient (Wildman–Crippen LogP) is 1.64. The second kappa shape index (κ2) is 5.38. The Morgan fingerprint density at radius 3 is 2.88 bits per heavy atom. The Morgan fingerprint density at radius 2 is 2.18 bits per heavy atom. The van der Waals surface area contributed by atoms with Crippen molar-refractivity contribution < 1.29 is 4.52 Å². The number of aromatic nitrogens is 4. The molecule has 2 heterocycles. The summed E-state index contributed by atoms with van der Waals surface area (Å²) in [5, 5.41) is 6.94. The molecule has 90 valence electrons. The Labute approximate surface area is 99.5 Å². The van der Waals surface area contributed by atoms with Gasteiger partial charge in [0.25, 0.3) is 0 Å². The number of nitrogens with one attached hydrogen (secondary N) is 1. The van der Waals surface area contributed by atoms with Crippen molar-refractivity contribution in [1.29, 1.82) is 0 Å². The molecule has 0 spiro atoms. The molecule has 0 unspecified atom stereocenters. The molecule has 6 heteroatoms. The molecule has 0 aliphatic carbocycles. The zero-order valence-corrected chi connectivity index (χ0v) is 9.92. The highest BCUT2D eigenvalue weighted by atomic mass is 16.5. The maximum absolute atomic E-state index is 4.65. The average Bonchev–Trinajstić information content (AvgIpc) is 2.82. The molecule has 0 saturated heterocycles. The lowest BCUT2D eigenvalue weighted by Crippen LogP contribution is -2.08. The van der Waals surface area contributed by atoms with Crippen molar-refractivity contribution in [2.45, 2.75) is 26.2 Å². The number of anilines is 1. The molecule has 1 N–H and O–H groups in total. The topological polar surface area (TPSA) is 76.7 Å². The quantitative estimate of drug-likeness (QED) is 0.845. The van der Waals surface area contributed by atoms with Gasteiger partial charge in [0.05, 0.1) is 0 Å². The molecule has 0 saturated carbocycles. The maximum Gasteiger partial charge on any atom is 0.213 e. The molecule has 0 amide bonds. The summed E-state index contributed by atoms with van der Waals surface area (Å²) in [6, 6.07) is 1.96. The van der Waals surface area contributed by atoms with E-state index in [1.165, 1.54) is 6.39 Å². The number of rotatable bonds is 5. The summed E-state index contributed by atoms with van der Waals surface area (Å²) in [6.07, 6.45) is 3.61. The van der Waals surface area contributed by atoms with Gasteiger partial charge in [0.2, 0.25) is 6.39 Å². The van der Waals surface area contributed by atoms with Gasteiger partial charge in [-0.15, -0.1) is 0 Å². The Morgan fingerprint density at radius 1 is 1.29 bits per heavy atom. The van der Waals surface area contributed by atoms with Gasteiger partial charge in [-0.05, 0) is 5.92 Å². The first-order chi connectivity index (χ1) is 8.25. The molecule has 6 nitrogen and oxygen atoms in total. The fourth-order valence-corrected chi connectivity index (χ4v) is 1.39. The Hall–Kier alpha value is -1.98. The van der Waals surface area contributed by atoms with Crippen molar-refractivity contribution in [3.8, 4) is 0 Å². The molecule has 0 atom stereocenters. The lowest BCUT2D eigenvalue weighted by atomic mass is 10.1. The third kappa shape index (κ3) is 3.24. The molecule has 17 heavy (non-hydrogen) atoms. The second-order valence-corrected chi connectivity index (χ2v) is 4.01. The van der Waals surface area contributed by atoms with E-state index in [1.807, 2.05) is 6.07 Å². The van der Waals surface area contributed by atoms with Gasteiger partial charge in [-0.25, -0.2) is 9.97 Å². The van der Waals surface area contributed by atoms with Gasteiger partial charge in [-0.1, -0.05) is 19.0 Å². The van der Waals surface area contributed by atoms with E-state index in [-0.39, 0.29) is 0 Å². The Kier molecular flexibility index (Phi) is 3.64. The lowest BCUT2D eigenvalue weighted by molar-refractivity contribution is 0.410. The van der Waals surface area contributed by atoms with Crippen molar-refractivity contribution in [1.82, 2.24) is 20.1 Å². The van der Waals surface area contributed by atoms with E-state index in [9.17, 15) is 0 Å². The van der Waals surface area contributed by atoms with Gasteiger partial charge in [0.15, 0.2) is 5.82 Å². The van der Waals surface area contributed by atoms with E-state index in [0.717, 1.165) is 11.5 Å². The lowest BCUT2D eigenvalue weighted by Gasteiger charge is -2.07. The van der Waals surface area contributed by atoms with E-state index < -0.39 is 0 Å². The van der Waals surface area contributed by atoms with Crippen LogP contribution in [0, 0.1) is 0 Å². The normalized spacial score (nSPS) is 10.8. The van der Waals surface area contributed by atoms with Crippen LogP contribution in [0.15, 0.2) is 23.3 Å². The van der Waals surface area contributed by atoms with Crippen molar-refractivity contribution in [3.05, 3.63) is 30.3 Å². The molecule has 0 fully saturated rings. The van der Waals surface area contributed by atoms with Gasteiger partial charge < -0.3 is 9.84 Å². The zero-order valence-electron chi connectivity index (χ0n) is 9.92. The van der Waals surface area contributed by atoms with Crippen LogP contribution in [0.5, 0.6) is 0 Å². The maximum atomic E-state index is 4.65. The SMILES string of the molecule is CC(C)c1cc(NCCc2ncon2)ncn1. The van der Waals surface area contributed by atoms with Gasteiger partial charge in [-0.2, -0.15) is 4.98 Å². The van der Waals surface area contributed by atoms with Crippen molar-refractivity contribution in [3.63, 3.8) is 0 Å². The Balaban J connectivity index is 1.88. The molecule has 2 aromatic heterocycles. The van der Waals surface area contributed by atoms with Crippen LogP contribution in [-0.4, -0.2) is 26.7 Å². The predicted molar refractivity (Wildman–Crippen MR) is 62.6 cm³/mol. The molecule has 2 aromatic rings. The molecule has 0 radical (unpaired) electrons. The van der Waals surface area contributed by atoms with E-state index in [1.54, 1.807) is 6.33 Å². The largest absolute Gasteiger partial charge is 0.370 e. The van der Waals surface area contributed by atoms with Crippen LogP contribution in [0.2, 0.25) is 0 Å². The highest BCUT2D eigenvalue weighted by molar-refractivity contribution is 5.35. The van der Waals surface area contributed by atoms with E-state index in [2.05, 4.69) is 43.8 Å². The summed E-state index contributed by atoms with van der Waals surface area (Å²) in [7, 11) is 0. The van der Waals surface area contributed by atoms with E-state index >= 15 is 0 Å². The van der Waals surface area contributed by atoms with Crippen molar-refractivity contribution >= 4 is 5.82 Å². The van der Waals surface area contributed by atoms with Crippen LogP contribution >= 0.6 is 0 Å². The summed E-state index contributed by atoms with van der Waals surface area (Å²) in [5.74, 6) is 1.92. The summed E-state index contributed by atoms with van der Waals surface area (Å²) < 4.78 is 4.65.